The van der Waals surface area contributed by atoms with Crippen LogP contribution in [0.4, 0.5) is 0 Å². The highest BCUT2D eigenvalue weighted by atomic mass is 16.5. The topological polar surface area (TPSA) is 24.5 Å². The first-order valence-electron chi connectivity index (χ1n) is 6.99. The van der Waals surface area contributed by atoms with Crippen LogP contribution < -0.4 is 10.1 Å². The van der Waals surface area contributed by atoms with Gasteiger partial charge in [-0.05, 0) is 38.4 Å². The molecule has 0 amide bonds. The second kappa shape index (κ2) is 7.39. The van der Waals surface area contributed by atoms with Crippen LogP contribution in [0.1, 0.15) is 19.8 Å². The summed E-state index contributed by atoms with van der Waals surface area (Å²) in [6.07, 6.45) is 2.35. The number of hydrogen-bond acceptors (Lipinski definition) is 3. The Morgan fingerprint density at radius 2 is 2.11 bits per heavy atom. The standard InChI is InChI=1S/C15H24N2O/c1-14-13-16-9-11-17(14)10-5-6-12-18-15-7-3-2-4-8-15/h2-4,7-8,14,16H,5-6,9-13H2,1H3. The van der Waals surface area contributed by atoms with Gasteiger partial charge >= 0.3 is 0 Å². The zero-order chi connectivity index (χ0) is 12.6. The Bertz CT molecular complexity index is 329. The van der Waals surface area contributed by atoms with Gasteiger partial charge in [0.1, 0.15) is 5.75 Å². The minimum absolute atomic E-state index is 0.675. The molecule has 1 aliphatic rings. The first-order chi connectivity index (χ1) is 8.86. The number of rotatable bonds is 6. The van der Waals surface area contributed by atoms with E-state index < -0.39 is 0 Å². The third-order valence-electron chi connectivity index (χ3n) is 3.49. The Balaban J connectivity index is 1.56. The molecule has 1 N–H and O–H groups in total. The molecule has 0 bridgehead atoms. The van der Waals surface area contributed by atoms with Crippen LogP contribution in [0.2, 0.25) is 0 Å². The van der Waals surface area contributed by atoms with Crippen molar-refractivity contribution in [2.75, 3.05) is 32.8 Å². The van der Waals surface area contributed by atoms with Crippen molar-refractivity contribution in [3.8, 4) is 5.75 Å². The van der Waals surface area contributed by atoms with Gasteiger partial charge < -0.3 is 10.1 Å². The molecule has 3 nitrogen and oxygen atoms in total. The number of nitrogens with zero attached hydrogens (tertiary/aromatic N) is 1. The maximum atomic E-state index is 5.69. The highest BCUT2D eigenvalue weighted by molar-refractivity contribution is 5.20. The van der Waals surface area contributed by atoms with Gasteiger partial charge in [-0.25, -0.2) is 0 Å². The molecule has 1 unspecified atom stereocenters. The summed E-state index contributed by atoms with van der Waals surface area (Å²) in [7, 11) is 0. The largest absolute Gasteiger partial charge is 0.494 e. The minimum Gasteiger partial charge on any atom is -0.494 e. The van der Waals surface area contributed by atoms with Gasteiger partial charge in [-0.2, -0.15) is 0 Å². The Hall–Kier alpha value is -1.06. The first kappa shape index (κ1) is 13.4. The molecule has 100 valence electrons. The normalized spacial score (nSPS) is 20.8. The Kier molecular flexibility index (Phi) is 5.49. The molecule has 0 aromatic heterocycles. The maximum Gasteiger partial charge on any atom is 0.119 e. The van der Waals surface area contributed by atoms with Crippen molar-refractivity contribution in [2.24, 2.45) is 0 Å². The summed E-state index contributed by atoms with van der Waals surface area (Å²) in [5.41, 5.74) is 0. The molecule has 0 aliphatic carbocycles. The van der Waals surface area contributed by atoms with Gasteiger partial charge in [-0.3, -0.25) is 4.90 Å². The summed E-state index contributed by atoms with van der Waals surface area (Å²) in [6.45, 7) is 7.75. The molecule has 1 heterocycles. The quantitative estimate of drug-likeness (QED) is 0.781. The van der Waals surface area contributed by atoms with Crippen LogP contribution in [0, 0.1) is 0 Å². The average molecular weight is 248 g/mol. The number of piperazine rings is 1. The predicted octanol–water partition coefficient (Wildman–Crippen LogP) is 2.14. The number of hydrogen-bond donors (Lipinski definition) is 1. The summed E-state index contributed by atoms with van der Waals surface area (Å²) in [6, 6.07) is 10.7. The van der Waals surface area contributed by atoms with Gasteiger partial charge in [0.15, 0.2) is 0 Å². The number of ether oxygens (including phenoxy) is 1. The molecule has 1 aromatic rings. The molecule has 1 atom stereocenters. The van der Waals surface area contributed by atoms with Crippen LogP contribution in [0.3, 0.4) is 0 Å². The van der Waals surface area contributed by atoms with E-state index in [1.807, 2.05) is 30.3 Å². The van der Waals surface area contributed by atoms with Crippen LogP contribution >= 0.6 is 0 Å². The molecular weight excluding hydrogens is 224 g/mol. The van der Waals surface area contributed by atoms with Crippen molar-refractivity contribution in [1.29, 1.82) is 0 Å². The van der Waals surface area contributed by atoms with Crippen molar-refractivity contribution in [3.63, 3.8) is 0 Å². The van der Waals surface area contributed by atoms with E-state index in [0.717, 1.165) is 31.9 Å². The molecule has 2 rings (SSSR count). The van der Waals surface area contributed by atoms with Crippen molar-refractivity contribution in [1.82, 2.24) is 10.2 Å². The minimum atomic E-state index is 0.675. The van der Waals surface area contributed by atoms with E-state index in [4.69, 9.17) is 4.74 Å². The lowest BCUT2D eigenvalue weighted by atomic mass is 10.2. The lowest BCUT2D eigenvalue weighted by Crippen LogP contribution is -2.49. The summed E-state index contributed by atoms with van der Waals surface area (Å²) in [5.74, 6) is 0.980. The molecule has 0 saturated carbocycles. The van der Waals surface area contributed by atoms with Gasteiger partial charge in [0.2, 0.25) is 0 Å². The van der Waals surface area contributed by atoms with E-state index in [1.165, 1.54) is 19.5 Å². The summed E-state index contributed by atoms with van der Waals surface area (Å²) in [5, 5.41) is 3.42. The van der Waals surface area contributed by atoms with Gasteiger partial charge in [-0.1, -0.05) is 18.2 Å². The van der Waals surface area contributed by atoms with Crippen molar-refractivity contribution in [3.05, 3.63) is 30.3 Å². The average Bonchev–Trinajstić information content (AvgIpc) is 2.42. The van der Waals surface area contributed by atoms with Gasteiger partial charge in [0, 0.05) is 25.7 Å². The molecule has 1 aliphatic heterocycles. The monoisotopic (exact) mass is 248 g/mol. The zero-order valence-electron chi connectivity index (χ0n) is 11.3. The molecular formula is C15H24N2O. The van der Waals surface area contributed by atoms with Crippen molar-refractivity contribution in [2.45, 2.75) is 25.8 Å². The van der Waals surface area contributed by atoms with E-state index >= 15 is 0 Å². The van der Waals surface area contributed by atoms with Crippen LogP contribution in [-0.2, 0) is 0 Å². The lowest BCUT2D eigenvalue weighted by molar-refractivity contribution is 0.166. The molecule has 18 heavy (non-hydrogen) atoms. The third kappa shape index (κ3) is 4.31. The van der Waals surface area contributed by atoms with E-state index in [9.17, 15) is 0 Å². The summed E-state index contributed by atoms with van der Waals surface area (Å²) < 4.78 is 5.69. The van der Waals surface area contributed by atoms with Gasteiger partial charge in [-0.15, -0.1) is 0 Å². The Morgan fingerprint density at radius 1 is 1.28 bits per heavy atom. The second-order valence-electron chi connectivity index (χ2n) is 4.96. The van der Waals surface area contributed by atoms with E-state index in [2.05, 4.69) is 17.1 Å². The van der Waals surface area contributed by atoms with Crippen LogP contribution in [0.15, 0.2) is 30.3 Å². The third-order valence-corrected chi connectivity index (χ3v) is 3.49. The van der Waals surface area contributed by atoms with Gasteiger partial charge in [0.05, 0.1) is 6.61 Å². The van der Waals surface area contributed by atoms with E-state index in [1.54, 1.807) is 0 Å². The lowest BCUT2D eigenvalue weighted by Gasteiger charge is -2.33. The molecule has 3 heteroatoms. The van der Waals surface area contributed by atoms with E-state index in [-0.39, 0.29) is 0 Å². The fourth-order valence-electron chi connectivity index (χ4n) is 2.34. The molecule has 0 spiro atoms. The molecule has 0 radical (unpaired) electrons. The second-order valence-corrected chi connectivity index (χ2v) is 4.96. The number of benzene rings is 1. The molecule has 1 aromatic carbocycles. The predicted molar refractivity (Wildman–Crippen MR) is 75.1 cm³/mol. The number of unbranched alkanes of at least 4 members (excludes halogenated alkanes) is 1. The number of nitrogens with one attached hydrogen (secondary N) is 1. The maximum absolute atomic E-state index is 5.69. The first-order valence-corrected chi connectivity index (χ1v) is 6.99. The fourth-order valence-corrected chi connectivity index (χ4v) is 2.34. The van der Waals surface area contributed by atoms with Crippen LogP contribution in [0.5, 0.6) is 5.75 Å². The van der Waals surface area contributed by atoms with Crippen LogP contribution in [0.25, 0.3) is 0 Å². The highest BCUT2D eigenvalue weighted by Gasteiger charge is 2.16. The summed E-state index contributed by atoms with van der Waals surface area (Å²) in [4.78, 5) is 2.57. The fraction of sp³-hybridized carbons (Fsp3) is 0.600. The zero-order valence-corrected chi connectivity index (χ0v) is 11.3. The summed E-state index contributed by atoms with van der Waals surface area (Å²) >= 11 is 0. The Labute approximate surface area is 110 Å². The smallest absolute Gasteiger partial charge is 0.119 e. The SMILES string of the molecule is CC1CNCCN1CCCCOc1ccccc1. The Morgan fingerprint density at radius 3 is 2.89 bits per heavy atom. The van der Waals surface area contributed by atoms with Gasteiger partial charge in [0.25, 0.3) is 0 Å². The molecule has 1 fully saturated rings. The van der Waals surface area contributed by atoms with E-state index in [0.29, 0.717) is 6.04 Å². The highest BCUT2D eigenvalue weighted by Crippen LogP contribution is 2.09. The number of para-hydroxylation sites is 1. The van der Waals surface area contributed by atoms with Crippen LogP contribution in [-0.4, -0.2) is 43.7 Å². The van der Waals surface area contributed by atoms with Crippen molar-refractivity contribution >= 4 is 0 Å². The van der Waals surface area contributed by atoms with Crippen molar-refractivity contribution < 1.29 is 4.74 Å². The molecule has 1 saturated heterocycles.